The average Bonchev–Trinajstić information content (AvgIpc) is 3.74. The van der Waals surface area contributed by atoms with Gasteiger partial charge in [0.15, 0.2) is 0 Å². The molecule has 6 nitrogen and oxygen atoms in total. The zero-order chi connectivity index (χ0) is 30.1. The van der Waals surface area contributed by atoms with Gasteiger partial charge in [0.2, 0.25) is 0 Å². The first-order chi connectivity index (χ1) is 19.9. The highest BCUT2D eigenvalue weighted by Gasteiger charge is 2.32. The molecule has 0 N–H and O–H groups in total. The predicted molar refractivity (Wildman–Crippen MR) is 151 cm³/mol. The summed E-state index contributed by atoms with van der Waals surface area (Å²) in [4.78, 5) is 15.7. The number of hydrogen-bond acceptors (Lipinski definition) is 4. The Morgan fingerprint density at radius 3 is 1.07 bits per heavy atom. The third-order valence-corrected chi connectivity index (χ3v) is 8.17. The molecule has 42 heavy (non-hydrogen) atoms. The fourth-order valence-corrected chi connectivity index (χ4v) is 6.46. The highest BCUT2D eigenvalue weighted by atomic mass is 19.5. The van der Waals surface area contributed by atoms with Crippen molar-refractivity contribution in [2.75, 3.05) is 62.2 Å². The van der Waals surface area contributed by atoms with Crippen LogP contribution in [0.5, 0.6) is 0 Å². The van der Waals surface area contributed by atoms with Crippen LogP contribution in [0.25, 0.3) is 21.5 Å². The van der Waals surface area contributed by atoms with Crippen LogP contribution in [0, 0.1) is 0 Å². The molecule has 0 unspecified atom stereocenters. The predicted octanol–water partition coefficient (Wildman–Crippen LogP) is 4.59. The van der Waals surface area contributed by atoms with Crippen molar-refractivity contribution in [3.63, 3.8) is 0 Å². The van der Waals surface area contributed by atoms with Gasteiger partial charge in [0.05, 0.1) is 47.7 Å². The van der Waals surface area contributed by atoms with E-state index in [-0.39, 0.29) is 0 Å². The van der Waals surface area contributed by atoms with E-state index >= 15 is 0 Å². The molecule has 7 rings (SSSR count). The summed E-state index contributed by atoms with van der Waals surface area (Å²) in [6.45, 7) is 9.12. The first-order valence-electron chi connectivity index (χ1n) is 14.7. The Morgan fingerprint density at radius 2 is 0.762 bits per heavy atom. The van der Waals surface area contributed by atoms with Crippen LogP contribution < -0.4 is 29.9 Å². The Morgan fingerprint density at radius 1 is 0.476 bits per heavy atom. The lowest BCUT2D eigenvalue weighted by Gasteiger charge is -2.12. The highest BCUT2D eigenvalue weighted by Crippen LogP contribution is 2.34. The van der Waals surface area contributed by atoms with Crippen molar-refractivity contribution in [3.8, 4) is 0 Å². The molecule has 4 saturated heterocycles. The van der Waals surface area contributed by atoms with Crippen LogP contribution in [-0.2, 0) is 0 Å². The standard InChI is InChI=1S/C26H34N6.2BF4/c1-2-10-29(9-1)23-19-17-21-22(18-20(19)24(27-23)30-11-3-4-12-30)26(32-15-7-8-16-32)28-25(21)31-13-5-6-14-31;2*2-1(3,4)5/h17-18H,1-16H2;;/q+2;2*-1. The van der Waals surface area contributed by atoms with E-state index in [9.17, 15) is 34.5 Å². The molecule has 4 aliphatic heterocycles. The number of aromatic nitrogens is 2. The quantitative estimate of drug-likeness (QED) is 0.244. The van der Waals surface area contributed by atoms with Gasteiger partial charge in [-0.3, -0.25) is 9.15 Å². The molecule has 0 saturated carbocycles. The zero-order valence-electron chi connectivity index (χ0n) is 23.3. The monoisotopic (exact) mass is 604 g/mol. The number of halogens is 8. The molecule has 0 aliphatic carbocycles. The molecule has 2 aromatic heterocycles. The van der Waals surface area contributed by atoms with Gasteiger partial charge in [-0.05, 0) is 73.5 Å². The van der Waals surface area contributed by atoms with Crippen molar-refractivity contribution < 1.29 is 34.5 Å². The Balaban J connectivity index is 0.000000308. The van der Waals surface area contributed by atoms with E-state index in [1.54, 1.807) is 0 Å². The van der Waals surface area contributed by atoms with Crippen LogP contribution in [0.4, 0.5) is 46.2 Å². The molecule has 0 bridgehead atoms. The minimum Gasteiger partial charge on any atom is -0.418 e. The van der Waals surface area contributed by atoms with E-state index in [1.807, 2.05) is 0 Å². The second kappa shape index (κ2) is 12.4. The third-order valence-electron chi connectivity index (χ3n) is 8.17. The molecule has 0 amide bonds. The smallest absolute Gasteiger partial charge is 0.418 e. The normalized spacial score (nSPS) is 19.6. The van der Waals surface area contributed by atoms with Gasteiger partial charge in [0.1, 0.15) is 0 Å². The van der Waals surface area contributed by atoms with Crippen molar-refractivity contribution >= 4 is 47.7 Å². The van der Waals surface area contributed by atoms with Gasteiger partial charge in [-0.15, -0.1) is 0 Å². The van der Waals surface area contributed by atoms with Crippen molar-refractivity contribution in [1.82, 2.24) is 19.1 Å². The van der Waals surface area contributed by atoms with E-state index in [2.05, 4.69) is 31.1 Å². The van der Waals surface area contributed by atoms with Crippen LogP contribution in [0.1, 0.15) is 51.4 Å². The summed E-state index contributed by atoms with van der Waals surface area (Å²) in [5, 5.41) is 5.40. The van der Waals surface area contributed by atoms with Crippen molar-refractivity contribution in [3.05, 3.63) is 23.1 Å². The second-order valence-electron chi connectivity index (χ2n) is 11.2. The summed E-state index contributed by atoms with van der Waals surface area (Å²) in [6.07, 6.45) is 10.3. The van der Waals surface area contributed by atoms with Crippen molar-refractivity contribution in [2.45, 2.75) is 51.4 Å². The Kier molecular flexibility index (Phi) is 8.98. The first kappa shape index (κ1) is 30.5. The van der Waals surface area contributed by atoms with E-state index in [0.717, 1.165) is 52.4 Å². The molecule has 230 valence electrons. The summed E-state index contributed by atoms with van der Waals surface area (Å²) in [7, 11) is -12.0. The lowest BCUT2D eigenvalue weighted by molar-refractivity contribution is 0.366. The number of anilines is 2. The maximum Gasteiger partial charge on any atom is 0.673 e. The number of benzene rings is 1. The van der Waals surface area contributed by atoms with E-state index in [4.69, 9.17) is 9.97 Å². The van der Waals surface area contributed by atoms with Gasteiger partial charge in [0.25, 0.3) is 11.6 Å². The van der Waals surface area contributed by atoms with Crippen LogP contribution in [0.3, 0.4) is 0 Å². The molecular weight excluding hydrogens is 570 g/mol. The largest absolute Gasteiger partial charge is 0.673 e. The molecule has 16 heteroatoms. The zero-order valence-corrected chi connectivity index (χ0v) is 23.3. The average molecular weight is 604 g/mol. The first-order valence-corrected chi connectivity index (χ1v) is 14.7. The Labute approximate surface area is 238 Å². The van der Waals surface area contributed by atoms with Gasteiger partial charge in [0, 0.05) is 26.2 Å². The van der Waals surface area contributed by atoms with Crippen LogP contribution in [0.2, 0.25) is 0 Å². The Hall–Kier alpha value is -2.93. The summed E-state index contributed by atoms with van der Waals surface area (Å²) in [6, 6.07) is 4.93. The van der Waals surface area contributed by atoms with Crippen LogP contribution in [-0.4, -0.2) is 76.8 Å². The minimum absolute atomic E-state index is 1.14. The van der Waals surface area contributed by atoms with Crippen molar-refractivity contribution in [2.24, 2.45) is 0 Å². The molecule has 6 heterocycles. The SMILES string of the molecule is F[B-](F)(F)F.F[B-](F)(F)F.c1c2c(N3CCCC3)nc(=[N+]3CCCC3)c2cc2c(=[N+]3CCCC3)nc(N3CCCC3)c12. The summed E-state index contributed by atoms with van der Waals surface area (Å²) in [5.41, 5.74) is 2.44. The highest BCUT2D eigenvalue weighted by molar-refractivity contribution is 6.50. The fourth-order valence-electron chi connectivity index (χ4n) is 6.46. The van der Waals surface area contributed by atoms with E-state index < -0.39 is 14.5 Å². The van der Waals surface area contributed by atoms with Gasteiger partial charge < -0.3 is 44.3 Å². The minimum atomic E-state index is -6.00. The van der Waals surface area contributed by atoms with Crippen LogP contribution in [0.15, 0.2) is 12.1 Å². The number of fused-ring (bicyclic) bond motifs is 2. The molecule has 4 aliphatic rings. The van der Waals surface area contributed by atoms with Gasteiger partial charge in [-0.2, -0.15) is 0 Å². The maximum absolute atomic E-state index is 9.75. The summed E-state index contributed by atoms with van der Waals surface area (Å²) >= 11 is 0. The van der Waals surface area contributed by atoms with Gasteiger partial charge >= 0.3 is 25.5 Å². The summed E-state index contributed by atoms with van der Waals surface area (Å²) < 4.78 is 83.1. The number of rotatable bonds is 2. The van der Waals surface area contributed by atoms with E-state index in [0.29, 0.717) is 0 Å². The molecular formula is C26H34B2F8N6. The third kappa shape index (κ3) is 7.34. The van der Waals surface area contributed by atoms with Gasteiger partial charge in [-0.1, -0.05) is 0 Å². The molecule has 0 spiro atoms. The van der Waals surface area contributed by atoms with Crippen LogP contribution >= 0.6 is 0 Å². The topological polar surface area (TPSA) is 38.3 Å². The number of nitrogens with zero attached hydrogens (tertiary/aromatic N) is 6. The van der Waals surface area contributed by atoms with Gasteiger partial charge in [-0.25, -0.2) is 0 Å². The fraction of sp³-hybridized carbons (Fsp3) is 0.615. The molecule has 3 aromatic rings. The van der Waals surface area contributed by atoms with Crippen molar-refractivity contribution in [1.29, 1.82) is 0 Å². The summed E-state index contributed by atoms with van der Waals surface area (Å²) in [5.74, 6) is 2.44. The Bertz CT molecular complexity index is 1380. The molecule has 0 radical (unpaired) electrons. The number of hydrogen-bond donors (Lipinski definition) is 0. The molecule has 0 atom stereocenters. The lowest BCUT2D eigenvalue weighted by Crippen LogP contribution is -2.30. The van der Waals surface area contributed by atoms with E-state index in [1.165, 1.54) is 95.5 Å². The second-order valence-corrected chi connectivity index (χ2v) is 11.2. The molecule has 1 aromatic carbocycles. The molecule has 4 fully saturated rings. The maximum atomic E-state index is 9.75. The lowest BCUT2D eigenvalue weighted by atomic mass is 10.1.